The number of aromatic nitrogens is 1. The normalized spacial score (nSPS) is 15.9. The number of benzene rings is 2. The predicted octanol–water partition coefficient (Wildman–Crippen LogP) is 5.11. The number of fused-ring (bicyclic) bond motifs is 3. The SMILES string of the molecule is CC1CCc2[nH]c3ccc(C(=O)Nc4ccc(C(=O)OC(C)C)cc4)cc3c2C1. The first-order chi connectivity index (χ1) is 13.9. The van der Waals surface area contributed by atoms with E-state index in [1.807, 2.05) is 32.0 Å². The van der Waals surface area contributed by atoms with Gasteiger partial charge in [-0.2, -0.15) is 0 Å². The van der Waals surface area contributed by atoms with Crippen LogP contribution in [0, 0.1) is 5.92 Å². The number of H-pyrrole nitrogens is 1. The van der Waals surface area contributed by atoms with Gasteiger partial charge < -0.3 is 15.0 Å². The average Bonchev–Trinajstić information content (AvgIpc) is 3.05. The lowest BCUT2D eigenvalue weighted by Crippen LogP contribution is -2.13. The minimum Gasteiger partial charge on any atom is -0.459 e. The summed E-state index contributed by atoms with van der Waals surface area (Å²) in [6.45, 7) is 5.90. The van der Waals surface area contributed by atoms with Gasteiger partial charge in [0.2, 0.25) is 0 Å². The molecule has 0 fully saturated rings. The lowest BCUT2D eigenvalue weighted by molar-refractivity contribution is 0.0378. The molecule has 1 atom stereocenters. The van der Waals surface area contributed by atoms with E-state index in [0.29, 0.717) is 22.7 Å². The third kappa shape index (κ3) is 4.04. The molecule has 0 saturated heterocycles. The maximum absolute atomic E-state index is 12.8. The monoisotopic (exact) mass is 390 g/mol. The van der Waals surface area contributed by atoms with Crippen molar-refractivity contribution in [2.24, 2.45) is 5.92 Å². The number of nitrogens with one attached hydrogen (secondary N) is 2. The van der Waals surface area contributed by atoms with Crippen molar-refractivity contribution in [3.63, 3.8) is 0 Å². The molecule has 1 aliphatic rings. The summed E-state index contributed by atoms with van der Waals surface area (Å²) in [5.74, 6) is 0.137. The fraction of sp³-hybridized carbons (Fsp3) is 0.333. The Balaban J connectivity index is 1.52. The van der Waals surface area contributed by atoms with Crippen LogP contribution < -0.4 is 5.32 Å². The molecule has 0 bridgehead atoms. The van der Waals surface area contributed by atoms with Crippen LogP contribution in [0.25, 0.3) is 10.9 Å². The first kappa shape index (κ1) is 19.2. The van der Waals surface area contributed by atoms with Gasteiger partial charge in [-0.25, -0.2) is 4.79 Å². The second-order valence-electron chi connectivity index (χ2n) is 8.18. The molecular weight excluding hydrogens is 364 g/mol. The zero-order valence-electron chi connectivity index (χ0n) is 17.0. The van der Waals surface area contributed by atoms with E-state index in [1.54, 1.807) is 24.3 Å². The third-order valence-corrected chi connectivity index (χ3v) is 5.42. The van der Waals surface area contributed by atoms with E-state index in [-0.39, 0.29) is 18.0 Å². The average molecular weight is 390 g/mol. The van der Waals surface area contributed by atoms with Crippen molar-refractivity contribution in [1.29, 1.82) is 0 Å². The highest BCUT2D eigenvalue weighted by atomic mass is 16.5. The number of amides is 1. The van der Waals surface area contributed by atoms with Crippen molar-refractivity contribution in [3.8, 4) is 0 Å². The Morgan fingerprint density at radius 1 is 1.10 bits per heavy atom. The van der Waals surface area contributed by atoms with Crippen LogP contribution in [0.5, 0.6) is 0 Å². The van der Waals surface area contributed by atoms with Crippen LogP contribution in [-0.2, 0) is 17.6 Å². The van der Waals surface area contributed by atoms with Gasteiger partial charge in [0.05, 0.1) is 11.7 Å². The van der Waals surface area contributed by atoms with E-state index < -0.39 is 0 Å². The summed E-state index contributed by atoms with van der Waals surface area (Å²) in [6.07, 6.45) is 3.15. The van der Waals surface area contributed by atoms with E-state index in [0.717, 1.165) is 23.7 Å². The second-order valence-corrected chi connectivity index (χ2v) is 8.18. The zero-order chi connectivity index (χ0) is 20.5. The number of anilines is 1. The fourth-order valence-electron chi connectivity index (χ4n) is 3.91. The number of hydrogen-bond acceptors (Lipinski definition) is 3. The van der Waals surface area contributed by atoms with E-state index in [4.69, 9.17) is 4.74 Å². The molecule has 1 aliphatic carbocycles. The van der Waals surface area contributed by atoms with Gasteiger partial charge in [0.15, 0.2) is 0 Å². The molecule has 1 aromatic heterocycles. The van der Waals surface area contributed by atoms with Crippen molar-refractivity contribution in [2.45, 2.75) is 46.1 Å². The van der Waals surface area contributed by atoms with E-state index in [2.05, 4.69) is 17.2 Å². The first-order valence-corrected chi connectivity index (χ1v) is 10.2. The van der Waals surface area contributed by atoms with E-state index >= 15 is 0 Å². The van der Waals surface area contributed by atoms with Crippen LogP contribution in [0.1, 0.15) is 59.2 Å². The molecule has 0 spiro atoms. The summed E-state index contributed by atoms with van der Waals surface area (Å²) in [7, 11) is 0. The molecule has 2 aromatic carbocycles. The number of carbonyl (C=O) groups excluding carboxylic acids is 2. The smallest absolute Gasteiger partial charge is 0.338 e. The maximum atomic E-state index is 12.8. The highest BCUT2D eigenvalue weighted by molar-refractivity contribution is 6.06. The van der Waals surface area contributed by atoms with Crippen LogP contribution >= 0.6 is 0 Å². The molecule has 1 amide bonds. The van der Waals surface area contributed by atoms with Crippen molar-refractivity contribution in [3.05, 3.63) is 64.8 Å². The van der Waals surface area contributed by atoms with Gasteiger partial charge in [-0.15, -0.1) is 0 Å². The summed E-state index contributed by atoms with van der Waals surface area (Å²) < 4.78 is 5.18. The number of ether oxygens (including phenoxy) is 1. The van der Waals surface area contributed by atoms with Crippen molar-refractivity contribution < 1.29 is 14.3 Å². The first-order valence-electron chi connectivity index (χ1n) is 10.2. The molecule has 5 heteroatoms. The van der Waals surface area contributed by atoms with E-state index in [9.17, 15) is 9.59 Å². The molecule has 150 valence electrons. The molecule has 2 N–H and O–H groups in total. The van der Waals surface area contributed by atoms with Gasteiger partial charge in [0, 0.05) is 27.8 Å². The number of hydrogen-bond donors (Lipinski definition) is 2. The molecule has 3 aromatic rings. The Hall–Kier alpha value is -3.08. The summed E-state index contributed by atoms with van der Waals surface area (Å²) in [4.78, 5) is 28.2. The minimum atomic E-state index is -0.366. The van der Waals surface area contributed by atoms with Gasteiger partial charge in [0.1, 0.15) is 0 Å². The second kappa shape index (κ2) is 7.74. The Bertz CT molecular complexity index is 1060. The van der Waals surface area contributed by atoms with Gasteiger partial charge in [-0.1, -0.05) is 6.92 Å². The summed E-state index contributed by atoms with van der Waals surface area (Å²) in [6, 6.07) is 12.6. The number of aromatic amines is 1. The zero-order valence-corrected chi connectivity index (χ0v) is 17.0. The molecule has 0 aliphatic heterocycles. The standard InChI is InChI=1S/C24H26N2O3/c1-14(2)29-24(28)16-5-8-18(9-6-16)25-23(27)17-7-11-22-20(13-17)19-12-15(3)4-10-21(19)26-22/h5-9,11,13-15,26H,4,10,12H2,1-3H3,(H,25,27). The molecular formula is C24H26N2O3. The summed E-state index contributed by atoms with van der Waals surface area (Å²) in [5, 5.41) is 4.05. The van der Waals surface area contributed by atoms with Crippen LogP contribution in [-0.4, -0.2) is 23.0 Å². The lowest BCUT2D eigenvalue weighted by Gasteiger charge is -2.18. The largest absolute Gasteiger partial charge is 0.459 e. The van der Waals surface area contributed by atoms with Crippen LogP contribution in [0.2, 0.25) is 0 Å². The Morgan fingerprint density at radius 3 is 2.55 bits per heavy atom. The Morgan fingerprint density at radius 2 is 1.83 bits per heavy atom. The maximum Gasteiger partial charge on any atom is 0.338 e. The Kier molecular flexibility index (Phi) is 5.14. The molecule has 29 heavy (non-hydrogen) atoms. The van der Waals surface area contributed by atoms with Crippen molar-refractivity contribution in [2.75, 3.05) is 5.32 Å². The minimum absolute atomic E-state index is 0.164. The highest BCUT2D eigenvalue weighted by Gasteiger charge is 2.20. The van der Waals surface area contributed by atoms with Crippen molar-refractivity contribution in [1.82, 2.24) is 4.98 Å². The molecule has 1 heterocycles. The van der Waals surface area contributed by atoms with Gasteiger partial charge >= 0.3 is 5.97 Å². The number of aryl methyl sites for hydroxylation is 1. The van der Waals surface area contributed by atoms with Crippen LogP contribution in [0.15, 0.2) is 42.5 Å². The lowest BCUT2D eigenvalue weighted by atomic mass is 9.87. The van der Waals surface area contributed by atoms with Gasteiger partial charge in [0.25, 0.3) is 5.91 Å². The van der Waals surface area contributed by atoms with Crippen LogP contribution in [0.4, 0.5) is 5.69 Å². The van der Waals surface area contributed by atoms with Gasteiger partial charge in [-0.05, 0) is 87.1 Å². The molecule has 0 saturated carbocycles. The summed E-state index contributed by atoms with van der Waals surface area (Å²) >= 11 is 0. The number of rotatable bonds is 4. The number of esters is 1. The number of carbonyl (C=O) groups is 2. The van der Waals surface area contributed by atoms with Crippen molar-refractivity contribution >= 4 is 28.5 Å². The van der Waals surface area contributed by atoms with Gasteiger partial charge in [-0.3, -0.25) is 4.79 Å². The van der Waals surface area contributed by atoms with E-state index in [1.165, 1.54) is 17.7 Å². The molecule has 1 unspecified atom stereocenters. The molecule has 5 nitrogen and oxygen atoms in total. The quantitative estimate of drug-likeness (QED) is 0.608. The fourth-order valence-corrected chi connectivity index (χ4v) is 3.91. The summed E-state index contributed by atoms with van der Waals surface area (Å²) in [5.41, 5.74) is 5.47. The Labute approximate surface area is 170 Å². The molecule has 4 rings (SSSR count). The molecule has 0 radical (unpaired) electrons. The topological polar surface area (TPSA) is 71.2 Å². The highest BCUT2D eigenvalue weighted by Crippen LogP contribution is 2.32. The third-order valence-electron chi connectivity index (χ3n) is 5.42. The predicted molar refractivity (Wildman–Crippen MR) is 114 cm³/mol. The van der Waals surface area contributed by atoms with Crippen LogP contribution in [0.3, 0.4) is 0 Å².